The summed E-state index contributed by atoms with van der Waals surface area (Å²) in [4.78, 5) is 11.5. The molecule has 2 aromatic rings. The number of halogens is 1. The van der Waals surface area contributed by atoms with Gasteiger partial charge in [0, 0.05) is 30.2 Å². The van der Waals surface area contributed by atoms with Crippen molar-refractivity contribution in [1.82, 2.24) is 9.97 Å². The topological polar surface area (TPSA) is 61.3 Å². The van der Waals surface area contributed by atoms with Crippen molar-refractivity contribution in [2.24, 2.45) is 0 Å². The van der Waals surface area contributed by atoms with Gasteiger partial charge in [0.2, 0.25) is 5.95 Å². The molecule has 0 bridgehead atoms. The second-order valence-corrected chi connectivity index (χ2v) is 7.28. The first kappa shape index (κ1) is 17.2. The fourth-order valence-electron chi connectivity index (χ4n) is 2.88. The van der Waals surface area contributed by atoms with Crippen molar-refractivity contribution in [2.75, 3.05) is 29.9 Å². The molecular weight excluding hydrogens is 368 g/mol. The van der Waals surface area contributed by atoms with Gasteiger partial charge in [0.05, 0.1) is 12.3 Å². The van der Waals surface area contributed by atoms with Crippen LogP contribution in [0.25, 0.3) is 0 Å². The maximum Gasteiger partial charge on any atom is 0.224 e. The molecule has 0 saturated heterocycles. The molecule has 6 heteroatoms. The third-order valence-corrected chi connectivity index (χ3v) is 4.72. The van der Waals surface area contributed by atoms with Gasteiger partial charge < -0.3 is 15.3 Å². The lowest BCUT2D eigenvalue weighted by molar-refractivity contribution is 0.311. The van der Waals surface area contributed by atoms with Crippen LogP contribution in [0.3, 0.4) is 0 Å². The zero-order valence-corrected chi connectivity index (χ0v) is 15.7. The molecule has 1 aromatic heterocycles. The summed E-state index contributed by atoms with van der Waals surface area (Å²) in [6.07, 6.45) is 1.02. The van der Waals surface area contributed by atoms with E-state index >= 15 is 0 Å². The van der Waals surface area contributed by atoms with Crippen molar-refractivity contribution in [3.05, 3.63) is 45.6 Å². The van der Waals surface area contributed by atoms with Gasteiger partial charge >= 0.3 is 0 Å². The van der Waals surface area contributed by atoms with Crippen LogP contribution in [0, 0.1) is 0 Å². The first-order valence-electron chi connectivity index (χ1n) is 8.33. The van der Waals surface area contributed by atoms with Crippen molar-refractivity contribution in [1.29, 1.82) is 0 Å². The van der Waals surface area contributed by atoms with E-state index in [1.54, 1.807) is 0 Å². The number of rotatable bonds is 5. The Bertz CT molecular complexity index is 720. The SMILES string of the molecule is CC(C)c1cc(N2CCc3ccc(Br)cc3C2)nc(NCCO)n1. The van der Waals surface area contributed by atoms with Crippen molar-refractivity contribution in [3.8, 4) is 0 Å². The summed E-state index contributed by atoms with van der Waals surface area (Å²) in [5, 5.41) is 12.1. The molecule has 1 aromatic carbocycles. The quantitative estimate of drug-likeness (QED) is 0.819. The van der Waals surface area contributed by atoms with E-state index in [-0.39, 0.29) is 6.61 Å². The molecule has 0 spiro atoms. The van der Waals surface area contributed by atoms with Gasteiger partial charge in [-0.05, 0) is 35.6 Å². The second-order valence-electron chi connectivity index (χ2n) is 6.36. The van der Waals surface area contributed by atoms with E-state index in [1.807, 2.05) is 0 Å². The zero-order valence-electron chi connectivity index (χ0n) is 14.1. The van der Waals surface area contributed by atoms with Crippen molar-refractivity contribution in [3.63, 3.8) is 0 Å². The number of fused-ring (bicyclic) bond motifs is 1. The average Bonchev–Trinajstić information content (AvgIpc) is 2.59. The van der Waals surface area contributed by atoms with E-state index in [1.165, 1.54) is 11.1 Å². The highest BCUT2D eigenvalue weighted by Crippen LogP contribution is 2.27. The summed E-state index contributed by atoms with van der Waals surface area (Å²) in [5.74, 6) is 1.86. The summed E-state index contributed by atoms with van der Waals surface area (Å²) < 4.78 is 1.11. The van der Waals surface area contributed by atoms with Crippen LogP contribution in [0.15, 0.2) is 28.7 Å². The minimum atomic E-state index is 0.0652. The Labute approximate surface area is 151 Å². The van der Waals surface area contributed by atoms with Crippen LogP contribution in [0.4, 0.5) is 11.8 Å². The van der Waals surface area contributed by atoms with Crippen LogP contribution >= 0.6 is 15.9 Å². The van der Waals surface area contributed by atoms with Crippen LogP contribution < -0.4 is 10.2 Å². The molecule has 1 aliphatic rings. The largest absolute Gasteiger partial charge is 0.395 e. The Morgan fingerprint density at radius 3 is 2.83 bits per heavy atom. The Morgan fingerprint density at radius 2 is 2.08 bits per heavy atom. The number of nitrogens with one attached hydrogen (secondary N) is 1. The number of aliphatic hydroxyl groups excluding tert-OH is 1. The monoisotopic (exact) mass is 390 g/mol. The van der Waals surface area contributed by atoms with Gasteiger partial charge in [0.15, 0.2) is 0 Å². The molecule has 5 nitrogen and oxygen atoms in total. The first-order chi connectivity index (χ1) is 11.6. The predicted octanol–water partition coefficient (Wildman–Crippen LogP) is 3.33. The van der Waals surface area contributed by atoms with Gasteiger partial charge in [-0.1, -0.05) is 35.8 Å². The molecule has 128 valence electrons. The summed E-state index contributed by atoms with van der Waals surface area (Å²) >= 11 is 3.56. The van der Waals surface area contributed by atoms with Gasteiger partial charge in [0.1, 0.15) is 5.82 Å². The van der Waals surface area contributed by atoms with Crippen molar-refractivity contribution < 1.29 is 5.11 Å². The van der Waals surface area contributed by atoms with Gasteiger partial charge in [-0.25, -0.2) is 4.98 Å². The van der Waals surface area contributed by atoms with E-state index in [0.717, 1.165) is 35.5 Å². The fraction of sp³-hybridized carbons (Fsp3) is 0.444. The number of nitrogens with zero attached hydrogens (tertiary/aromatic N) is 3. The van der Waals surface area contributed by atoms with Crippen molar-refractivity contribution in [2.45, 2.75) is 32.7 Å². The third-order valence-electron chi connectivity index (χ3n) is 4.22. The number of hydrogen-bond donors (Lipinski definition) is 2. The van der Waals surface area contributed by atoms with E-state index in [9.17, 15) is 0 Å². The highest BCUT2D eigenvalue weighted by molar-refractivity contribution is 9.10. The minimum absolute atomic E-state index is 0.0652. The van der Waals surface area contributed by atoms with Gasteiger partial charge in [-0.15, -0.1) is 0 Å². The summed E-state index contributed by atoms with van der Waals surface area (Å²) in [6, 6.07) is 8.58. The van der Waals surface area contributed by atoms with E-state index in [0.29, 0.717) is 18.4 Å². The van der Waals surface area contributed by atoms with E-state index in [2.05, 4.69) is 74.2 Å². The minimum Gasteiger partial charge on any atom is -0.395 e. The zero-order chi connectivity index (χ0) is 17.1. The molecular formula is C18H23BrN4O. The third kappa shape index (κ3) is 3.87. The number of aliphatic hydroxyl groups is 1. The van der Waals surface area contributed by atoms with Gasteiger partial charge in [-0.3, -0.25) is 0 Å². The first-order valence-corrected chi connectivity index (χ1v) is 9.12. The van der Waals surface area contributed by atoms with Gasteiger partial charge in [-0.2, -0.15) is 4.98 Å². The molecule has 2 N–H and O–H groups in total. The molecule has 0 atom stereocenters. The van der Waals surface area contributed by atoms with Crippen LogP contribution in [0.5, 0.6) is 0 Å². The molecule has 24 heavy (non-hydrogen) atoms. The Balaban J connectivity index is 1.89. The highest BCUT2D eigenvalue weighted by atomic mass is 79.9. The summed E-state index contributed by atoms with van der Waals surface area (Å²) in [5.41, 5.74) is 3.76. The lowest BCUT2D eigenvalue weighted by Crippen LogP contribution is -2.31. The molecule has 0 radical (unpaired) electrons. The average molecular weight is 391 g/mol. The Morgan fingerprint density at radius 1 is 1.25 bits per heavy atom. The van der Waals surface area contributed by atoms with Crippen molar-refractivity contribution >= 4 is 27.7 Å². The summed E-state index contributed by atoms with van der Waals surface area (Å²) in [6.45, 7) is 6.58. The molecule has 0 aliphatic carbocycles. The molecule has 0 unspecified atom stereocenters. The molecule has 0 saturated carbocycles. The highest BCUT2D eigenvalue weighted by Gasteiger charge is 2.19. The molecule has 1 aliphatic heterocycles. The number of aromatic nitrogens is 2. The Kier molecular flexibility index (Phi) is 5.36. The number of anilines is 2. The maximum atomic E-state index is 9.03. The standard InChI is InChI=1S/C18H23BrN4O/c1-12(2)16-10-17(22-18(21-16)20-6-8-24)23-7-5-13-3-4-15(19)9-14(13)11-23/h3-4,9-10,12,24H,5-8,11H2,1-2H3,(H,20,21,22). The maximum absolute atomic E-state index is 9.03. The smallest absolute Gasteiger partial charge is 0.224 e. The van der Waals surface area contributed by atoms with Crippen LogP contribution in [0.2, 0.25) is 0 Å². The normalized spacial score (nSPS) is 14.0. The van der Waals surface area contributed by atoms with Crippen LogP contribution in [-0.2, 0) is 13.0 Å². The fourth-order valence-corrected chi connectivity index (χ4v) is 3.29. The lowest BCUT2D eigenvalue weighted by Gasteiger charge is -2.30. The summed E-state index contributed by atoms with van der Waals surface area (Å²) in [7, 11) is 0. The van der Waals surface area contributed by atoms with Gasteiger partial charge in [0.25, 0.3) is 0 Å². The molecule has 0 amide bonds. The molecule has 2 heterocycles. The van der Waals surface area contributed by atoms with E-state index in [4.69, 9.17) is 5.11 Å². The lowest BCUT2D eigenvalue weighted by atomic mass is 10.00. The molecule has 3 rings (SSSR count). The number of hydrogen-bond acceptors (Lipinski definition) is 5. The van der Waals surface area contributed by atoms with E-state index < -0.39 is 0 Å². The van der Waals surface area contributed by atoms with Crippen LogP contribution in [-0.4, -0.2) is 34.8 Å². The van der Waals surface area contributed by atoms with Crippen LogP contribution in [0.1, 0.15) is 36.6 Å². The predicted molar refractivity (Wildman–Crippen MR) is 101 cm³/mol. The Hall–Kier alpha value is -1.66. The number of benzene rings is 1. The molecule has 0 fully saturated rings. The second kappa shape index (κ2) is 7.49.